The van der Waals surface area contributed by atoms with Gasteiger partial charge in [-0.15, -0.1) is 0 Å². The van der Waals surface area contributed by atoms with Crippen LogP contribution < -0.4 is 4.72 Å². The summed E-state index contributed by atoms with van der Waals surface area (Å²) in [6.45, 7) is 3.77. The minimum atomic E-state index is -4.01. The fraction of sp³-hybridized carbons (Fsp3) is 0.800. The molecule has 112 valence electrons. The Kier molecular flexibility index (Phi) is 6.40. The normalized spacial score (nSPS) is 12.3. The van der Waals surface area contributed by atoms with E-state index in [-0.39, 0.29) is 0 Å². The number of carbonyl (C=O) groups excluding carboxylic acids is 2. The minimum Gasteiger partial charge on any atom is -0.468 e. The lowest BCUT2D eigenvalue weighted by Gasteiger charge is -2.26. The summed E-state index contributed by atoms with van der Waals surface area (Å²) in [4.78, 5) is 22.4. The zero-order valence-corrected chi connectivity index (χ0v) is 12.5. The van der Waals surface area contributed by atoms with Crippen LogP contribution in [0.3, 0.4) is 0 Å². The second kappa shape index (κ2) is 6.83. The van der Waals surface area contributed by atoms with Crippen LogP contribution in [0.5, 0.6) is 0 Å². The Hall–Kier alpha value is -1.19. The van der Waals surface area contributed by atoms with Gasteiger partial charge in [-0.25, -0.2) is 0 Å². The molecule has 0 aliphatic carbocycles. The van der Waals surface area contributed by atoms with Gasteiger partial charge in [0.15, 0.2) is 0 Å². The lowest BCUT2D eigenvalue weighted by Crippen LogP contribution is -2.51. The van der Waals surface area contributed by atoms with Crippen molar-refractivity contribution in [2.45, 2.75) is 26.3 Å². The van der Waals surface area contributed by atoms with Gasteiger partial charge in [-0.2, -0.15) is 17.4 Å². The molecule has 0 fully saturated rings. The predicted molar refractivity (Wildman–Crippen MR) is 67.4 cm³/mol. The van der Waals surface area contributed by atoms with Crippen molar-refractivity contribution in [3.63, 3.8) is 0 Å². The molecule has 9 heteroatoms. The highest BCUT2D eigenvalue weighted by Gasteiger charge is 2.30. The van der Waals surface area contributed by atoms with Crippen LogP contribution in [0.15, 0.2) is 0 Å². The van der Waals surface area contributed by atoms with E-state index in [9.17, 15) is 18.0 Å². The van der Waals surface area contributed by atoms with Crippen LogP contribution in [0.4, 0.5) is 0 Å². The molecule has 0 saturated carbocycles. The van der Waals surface area contributed by atoms with Gasteiger partial charge in [-0.3, -0.25) is 9.59 Å². The Morgan fingerprint density at radius 2 is 1.42 bits per heavy atom. The average Bonchev–Trinajstić information content (AvgIpc) is 2.24. The van der Waals surface area contributed by atoms with Gasteiger partial charge in [0.25, 0.3) is 10.2 Å². The molecule has 0 aliphatic heterocycles. The number of nitrogens with zero attached hydrogens (tertiary/aromatic N) is 1. The van der Waals surface area contributed by atoms with Gasteiger partial charge in [-0.1, -0.05) is 0 Å². The Morgan fingerprint density at radius 3 is 1.68 bits per heavy atom. The molecule has 0 saturated heterocycles. The summed E-state index contributed by atoms with van der Waals surface area (Å²) in [5.41, 5.74) is -0.747. The smallest absolute Gasteiger partial charge is 0.321 e. The topological polar surface area (TPSA) is 102 Å². The molecule has 0 aromatic carbocycles. The Balaban J connectivity index is 5.10. The fourth-order valence-electron chi connectivity index (χ4n) is 1.09. The van der Waals surface area contributed by atoms with Crippen molar-refractivity contribution in [1.82, 2.24) is 9.03 Å². The Bertz CT molecular complexity index is 408. The van der Waals surface area contributed by atoms with E-state index >= 15 is 0 Å². The van der Waals surface area contributed by atoms with Crippen LogP contribution in [0.2, 0.25) is 0 Å². The zero-order chi connectivity index (χ0) is 15.3. The van der Waals surface area contributed by atoms with E-state index in [0.29, 0.717) is 4.31 Å². The number of nitrogens with one attached hydrogen (secondary N) is 1. The largest absolute Gasteiger partial charge is 0.468 e. The average molecular weight is 296 g/mol. The van der Waals surface area contributed by atoms with Crippen molar-refractivity contribution >= 4 is 22.1 Å². The summed E-state index contributed by atoms with van der Waals surface area (Å²) in [7, 11) is -1.75. The molecule has 0 radical (unpaired) electrons. The summed E-state index contributed by atoms with van der Waals surface area (Å²) in [6.07, 6.45) is 0. The van der Waals surface area contributed by atoms with Crippen molar-refractivity contribution in [2.24, 2.45) is 0 Å². The quantitative estimate of drug-likeness (QED) is 0.648. The third kappa shape index (κ3) is 7.09. The molecular weight excluding hydrogens is 276 g/mol. The molecule has 0 bridgehead atoms. The van der Waals surface area contributed by atoms with Crippen molar-refractivity contribution in [2.75, 3.05) is 27.3 Å². The number of esters is 2. The fourth-order valence-corrected chi connectivity index (χ4v) is 2.55. The predicted octanol–water partition coefficient (Wildman–Crippen LogP) is -0.733. The zero-order valence-electron chi connectivity index (χ0n) is 11.7. The van der Waals surface area contributed by atoms with E-state index < -0.39 is 40.8 Å². The molecule has 0 spiro atoms. The van der Waals surface area contributed by atoms with Gasteiger partial charge >= 0.3 is 11.9 Å². The van der Waals surface area contributed by atoms with Gasteiger partial charge < -0.3 is 9.47 Å². The van der Waals surface area contributed by atoms with E-state index in [2.05, 4.69) is 14.2 Å². The summed E-state index contributed by atoms with van der Waals surface area (Å²) >= 11 is 0. The lowest BCUT2D eigenvalue weighted by molar-refractivity contribution is -0.143. The van der Waals surface area contributed by atoms with Crippen LogP contribution in [-0.2, 0) is 29.3 Å². The molecule has 19 heavy (non-hydrogen) atoms. The number of methoxy groups -OCH3 is 2. The molecule has 0 aromatic heterocycles. The maximum Gasteiger partial charge on any atom is 0.321 e. The number of ether oxygens (including phenoxy) is 2. The van der Waals surface area contributed by atoms with E-state index in [1.54, 1.807) is 20.8 Å². The summed E-state index contributed by atoms with van der Waals surface area (Å²) in [5, 5.41) is 0. The number of carbonyl (C=O) groups is 2. The molecule has 8 nitrogen and oxygen atoms in total. The van der Waals surface area contributed by atoms with Gasteiger partial charge in [0, 0.05) is 5.54 Å². The first-order valence-corrected chi connectivity index (χ1v) is 6.88. The molecule has 1 N–H and O–H groups in total. The highest BCUT2D eigenvalue weighted by atomic mass is 32.2. The van der Waals surface area contributed by atoms with E-state index in [4.69, 9.17) is 0 Å². The SMILES string of the molecule is COC(=O)CN(CC(=O)OC)S(=O)(=O)NC(C)(C)C. The third-order valence-electron chi connectivity index (χ3n) is 1.84. The maximum absolute atomic E-state index is 12.0. The van der Waals surface area contributed by atoms with Crippen LogP contribution in [0, 0.1) is 0 Å². The van der Waals surface area contributed by atoms with E-state index in [1.165, 1.54) is 0 Å². The van der Waals surface area contributed by atoms with Crippen LogP contribution in [0.1, 0.15) is 20.8 Å². The highest BCUT2D eigenvalue weighted by molar-refractivity contribution is 7.87. The minimum absolute atomic E-state index is 0.572. The number of hydrogen-bond donors (Lipinski definition) is 1. The van der Waals surface area contributed by atoms with E-state index in [1.807, 2.05) is 0 Å². The van der Waals surface area contributed by atoms with Crippen LogP contribution >= 0.6 is 0 Å². The van der Waals surface area contributed by atoms with Crippen LogP contribution in [0.25, 0.3) is 0 Å². The number of hydrogen-bond acceptors (Lipinski definition) is 6. The molecule has 0 rings (SSSR count). The Morgan fingerprint density at radius 1 is 1.05 bits per heavy atom. The summed E-state index contributed by atoms with van der Waals surface area (Å²) in [5.74, 6) is -1.55. The van der Waals surface area contributed by atoms with Gasteiger partial charge in [0.1, 0.15) is 13.1 Å². The van der Waals surface area contributed by atoms with E-state index in [0.717, 1.165) is 14.2 Å². The summed E-state index contributed by atoms with van der Waals surface area (Å²) in [6, 6.07) is 0. The van der Waals surface area contributed by atoms with Gasteiger partial charge in [0.05, 0.1) is 14.2 Å². The van der Waals surface area contributed by atoms with Crippen molar-refractivity contribution < 1.29 is 27.5 Å². The summed E-state index contributed by atoms with van der Waals surface area (Å²) < 4.78 is 35.9. The van der Waals surface area contributed by atoms with Crippen molar-refractivity contribution in [1.29, 1.82) is 0 Å². The molecule has 0 unspecified atom stereocenters. The molecule has 0 aromatic rings. The second-order valence-corrected chi connectivity index (χ2v) is 6.45. The van der Waals surface area contributed by atoms with Crippen molar-refractivity contribution in [3.8, 4) is 0 Å². The maximum atomic E-state index is 12.0. The lowest BCUT2D eigenvalue weighted by atomic mass is 10.1. The second-order valence-electron chi connectivity index (χ2n) is 4.78. The van der Waals surface area contributed by atoms with Gasteiger partial charge in [0.2, 0.25) is 0 Å². The van der Waals surface area contributed by atoms with Gasteiger partial charge in [-0.05, 0) is 20.8 Å². The standard InChI is InChI=1S/C10H20N2O6S/c1-10(2,3)11-19(15,16)12(6-8(13)17-4)7-9(14)18-5/h11H,6-7H2,1-5H3. The highest BCUT2D eigenvalue weighted by Crippen LogP contribution is 2.07. The first-order chi connectivity index (χ1) is 8.51. The molecule has 0 atom stereocenters. The monoisotopic (exact) mass is 296 g/mol. The van der Waals surface area contributed by atoms with Crippen molar-refractivity contribution in [3.05, 3.63) is 0 Å². The molecule has 0 amide bonds. The third-order valence-corrected chi connectivity index (χ3v) is 3.65. The molecule has 0 aliphatic rings. The first-order valence-electron chi connectivity index (χ1n) is 5.44. The van der Waals surface area contributed by atoms with Crippen LogP contribution in [-0.4, -0.2) is 57.5 Å². The molecule has 0 heterocycles. The number of rotatable bonds is 6. The first kappa shape index (κ1) is 17.8. The Labute approximate surface area is 113 Å². The molecular formula is C10H20N2O6S.